The Morgan fingerprint density at radius 1 is 0.804 bits per heavy atom. The van der Waals surface area contributed by atoms with Crippen LogP contribution in [0.5, 0.6) is 0 Å². The van der Waals surface area contributed by atoms with Crippen LogP contribution >= 0.6 is 15.9 Å². The molecule has 2 amide bonds. The van der Waals surface area contributed by atoms with Crippen molar-refractivity contribution in [1.82, 2.24) is 10.2 Å². The first-order valence-electron chi connectivity index (χ1n) is 15.7. The monoisotopic (exact) mass is 701 g/mol. The van der Waals surface area contributed by atoms with Crippen LogP contribution in [-0.2, 0) is 32.6 Å². The molecule has 0 heterocycles. The molecule has 1 aliphatic rings. The summed E-state index contributed by atoms with van der Waals surface area (Å²) in [5.74, 6) is -0.694. The van der Waals surface area contributed by atoms with E-state index < -0.39 is 28.5 Å². The Labute approximate surface area is 280 Å². The van der Waals surface area contributed by atoms with Crippen molar-refractivity contribution in [3.8, 4) is 0 Å². The fourth-order valence-corrected chi connectivity index (χ4v) is 7.73. The van der Waals surface area contributed by atoms with Crippen LogP contribution in [0.4, 0.5) is 5.69 Å². The van der Waals surface area contributed by atoms with Crippen molar-refractivity contribution < 1.29 is 18.0 Å². The zero-order valence-corrected chi connectivity index (χ0v) is 28.4. The van der Waals surface area contributed by atoms with E-state index >= 15 is 0 Å². The first-order chi connectivity index (χ1) is 22.2. The van der Waals surface area contributed by atoms with Gasteiger partial charge in [0.1, 0.15) is 12.6 Å². The van der Waals surface area contributed by atoms with Crippen molar-refractivity contribution >= 4 is 43.5 Å². The molecule has 46 heavy (non-hydrogen) atoms. The molecule has 4 aromatic carbocycles. The van der Waals surface area contributed by atoms with Gasteiger partial charge in [0.05, 0.1) is 10.6 Å². The van der Waals surface area contributed by atoms with Crippen molar-refractivity contribution in [3.05, 3.63) is 130 Å². The highest BCUT2D eigenvalue weighted by Crippen LogP contribution is 2.28. The maximum absolute atomic E-state index is 14.6. The summed E-state index contributed by atoms with van der Waals surface area (Å²) in [6, 6.07) is 31.7. The number of aryl methyl sites for hydroxylation is 1. The van der Waals surface area contributed by atoms with Gasteiger partial charge < -0.3 is 10.2 Å². The van der Waals surface area contributed by atoms with Crippen LogP contribution in [0.25, 0.3) is 0 Å². The molecule has 0 aliphatic heterocycles. The summed E-state index contributed by atoms with van der Waals surface area (Å²) in [6.07, 6.45) is 5.36. The SMILES string of the molecule is Cc1ccccc1N(CC(=O)N(Cc1ccc(Br)cc1)[C@H](Cc1ccccc1)C(=O)NC1CCCCC1)S(=O)(=O)c1ccccc1. The molecule has 7 nitrogen and oxygen atoms in total. The topological polar surface area (TPSA) is 86.8 Å². The predicted octanol–water partition coefficient (Wildman–Crippen LogP) is 7.04. The van der Waals surface area contributed by atoms with Gasteiger partial charge in [-0.05, 0) is 66.8 Å². The van der Waals surface area contributed by atoms with Gasteiger partial charge in [-0.25, -0.2) is 8.42 Å². The van der Waals surface area contributed by atoms with Gasteiger partial charge in [0.2, 0.25) is 11.8 Å². The average molecular weight is 703 g/mol. The Hall–Kier alpha value is -3.95. The van der Waals surface area contributed by atoms with Gasteiger partial charge in [0.15, 0.2) is 0 Å². The van der Waals surface area contributed by atoms with Crippen molar-refractivity contribution in [1.29, 1.82) is 0 Å². The molecule has 0 saturated heterocycles. The molecule has 1 fully saturated rings. The lowest BCUT2D eigenvalue weighted by Crippen LogP contribution is -2.55. The Kier molecular flexibility index (Phi) is 11.3. The van der Waals surface area contributed by atoms with Gasteiger partial charge in [-0.3, -0.25) is 13.9 Å². The van der Waals surface area contributed by atoms with Crippen LogP contribution in [0.3, 0.4) is 0 Å². The fraction of sp³-hybridized carbons (Fsp3) is 0.297. The zero-order valence-electron chi connectivity index (χ0n) is 26.0. The highest BCUT2D eigenvalue weighted by molar-refractivity contribution is 9.10. The number of amides is 2. The van der Waals surface area contributed by atoms with Crippen LogP contribution in [0, 0.1) is 6.92 Å². The Bertz CT molecular complexity index is 1710. The number of rotatable bonds is 12. The Morgan fingerprint density at radius 3 is 2.07 bits per heavy atom. The third-order valence-electron chi connectivity index (χ3n) is 8.48. The fourth-order valence-electron chi connectivity index (χ4n) is 5.96. The number of anilines is 1. The number of hydrogen-bond donors (Lipinski definition) is 1. The molecule has 1 atom stereocenters. The van der Waals surface area contributed by atoms with Crippen molar-refractivity contribution in [3.63, 3.8) is 0 Å². The molecule has 240 valence electrons. The number of carbonyl (C=O) groups excluding carboxylic acids is 2. The molecule has 1 aliphatic carbocycles. The molecule has 0 aromatic heterocycles. The molecule has 4 aromatic rings. The standard InChI is InChI=1S/C37H40BrN3O4S/c1-28-13-11-12-20-34(28)41(46(44,45)33-18-9-4-10-19-33)27-36(42)40(26-30-21-23-31(38)24-22-30)35(25-29-14-5-2-6-15-29)37(43)39-32-16-7-3-8-17-32/h2,4-6,9-15,18-24,32,35H,3,7-8,16-17,25-27H2,1H3,(H,39,43)/t35-/m1/s1. The minimum atomic E-state index is -4.13. The van der Waals surface area contributed by atoms with E-state index in [0.717, 1.165) is 47.7 Å². The summed E-state index contributed by atoms with van der Waals surface area (Å²) in [7, 11) is -4.13. The van der Waals surface area contributed by atoms with Crippen molar-refractivity contribution in [2.24, 2.45) is 0 Å². The molecule has 1 N–H and O–H groups in total. The van der Waals surface area contributed by atoms with E-state index in [1.54, 1.807) is 35.2 Å². The van der Waals surface area contributed by atoms with E-state index in [1.807, 2.05) is 73.7 Å². The summed E-state index contributed by atoms with van der Waals surface area (Å²) in [4.78, 5) is 30.5. The van der Waals surface area contributed by atoms with Crippen LogP contribution in [0.15, 0.2) is 119 Å². The van der Waals surface area contributed by atoms with E-state index in [-0.39, 0.29) is 29.8 Å². The minimum absolute atomic E-state index is 0.0473. The average Bonchev–Trinajstić information content (AvgIpc) is 3.07. The van der Waals surface area contributed by atoms with Crippen LogP contribution in [0.1, 0.15) is 48.8 Å². The van der Waals surface area contributed by atoms with Crippen LogP contribution < -0.4 is 9.62 Å². The lowest BCUT2D eigenvalue weighted by atomic mass is 9.94. The molecule has 0 bridgehead atoms. The third-order valence-corrected chi connectivity index (χ3v) is 10.8. The quantitative estimate of drug-likeness (QED) is 0.172. The number of halogens is 1. The second-order valence-electron chi connectivity index (χ2n) is 11.8. The summed E-state index contributed by atoms with van der Waals surface area (Å²) >= 11 is 3.48. The lowest BCUT2D eigenvalue weighted by Gasteiger charge is -2.35. The molecule has 0 radical (unpaired) electrons. The van der Waals surface area contributed by atoms with Gasteiger partial charge in [-0.1, -0.05) is 114 Å². The second kappa shape index (κ2) is 15.6. The maximum Gasteiger partial charge on any atom is 0.264 e. The normalized spacial score (nSPS) is 14.3. The van der Waals surface area contributed by atoms with E-state index in [0.29, 0.717) is 11.3 Å². The van der Waals surface area contributed by atoms with Crippen molar-refractivity contribution in [2.75, 3.05) is 10.8 Å². The predicted molar refractivity (Wildman–Crippen MR) is 186 cm³/mol. The molecule has 0 spiro atoms. The first kappa shape index (κ1) is 33.4. The molecule has 9 heteroatoms. The maximum atomic E-state index is 14.6. The summed E-state index contributed by atoms with van der Waals surface area (Å²) < 4.78 is 30.4. The number of nitrogens with one attached hydrogen (secondary N) is 1. The highest BCUT2D eigenvalue weighted by Gasteiger charge is 2.35. The Balaban J connectivity index is 1.56. The minimum Gasteiger partial charge on any atom is -0.352 e. The highest BCUT2D eigenvalue weighted by atomic mass is 79.9. The van der Waals surface area contributed by atoms with Crippen LogP contribution in [-0.4, -0.2) is 43.8 Å². The number of benzene rings is 4. The van der Waals surface area contributed by atoms with Gasteiger partial charge in [-0.2, -0.15) is 0 Å². The summed E-state index contributed by atoms with van der Waals surface area (Å²) in [6.45, 7) is 1.48. The third kappa shape index (κ3) is 8.44. The van der Waals surface area contributed by atoms with Crippen LogP contribution in [0.2, 0.25) is 0 Å². The smallest absolute Gasteiger partial charge is 0.264 e. The lowest BCUT2D eigenvalue weighted by molar-refractivity contribution is -0.140. The number of sulfonamides is 1. The number of nitrogens with zero attached hydrogens (tertiary/aromatic N) is 2. The molecule has 5 rings (SSSR count). The largest absolute Gasteiger partial charge is 0.352 e. The van der Waals surface area contributed by atoms with Gasteiger partial charge >= 0.3 is 0 Å². The van der Waals surface area contributed by atoms with E-state index in [1.165, 1.54) is 16.4 Å². The Morgan fingerprint density at radius 2 is 1.41 bits per heavy atom. The van der Waals surface area contributed by atoms with E-state index in [9.17, 15) is 18.0 Å². The van der Waals surface area contributed by atoms with Crippen molar-refractivity contribution in [2.45, 2.75) is 69.0 Å². The molecule has 0 unspecified atom stereocenters. The van der Waals surface area contributed by atoms with E-state index in [2.05, 4.69) is 21.2 Å². The zero-order chi connectivity index (χ0) is 32.5. The van der Waals surface area contributed by atoms with E-state index in [4.69, 9.17) is 0 Å². The number of carbonyl (C=O) groups is 2. The molecular formula is C37H40BrN3O4S. The molecule has 1 saturated carbocycles. The summed E-state index contributed by atoms with van der Waals surface area (Å²) in [5.41, 5.74) is 2.86. The number of para-hydroxylation sites is 1. The summed E-state index contributed by atoms with van der Waals surface area (Å²) in [5, 5.41) is 3.25. The van der Waals surface area contributed by atoms with Gasteiger partial charge in [-0.15, -0.1) is 0 Å². The first-order valence-corrected chi connectivity index (χ1v) is 18.0. The van der Waals surface area contributed by atoms with Gasteiger partial charge in [0, 0.05) is 23.5 Å². The molecular weight excluding hydrogens is 662 g/mol. The number of hydrogen-bond acceptors (Lipinski definition) is 4. The second-order valence-corrected chi connectivity index (χ2v) is 14.6. The van der Waals surface area contributed by atoms with Gasteiger partial charge in [0.25, 0.3) is 10.0 Å².